The van der Waals surface area contributed by atoms with E-state index in [1.54, 1.807) is 6.92 Å². The molecule has 104 valence electrons. The zero-order chi connectivity index (χ0) is 14.0. The number of hydrogen-bond donors (Lipinski definition) is 0. The topological polar surface area (TPSA) is 29.5 Å². The van der Waals surface area contributed by atoms with Crippen LogP contribution in [0.15, 0.2) is 16.6 Å². The lowest BCUT2D eigenvalue weighted by atomic mass is 9.95. The van der Waals surface area contributed by atoms with E-state index in [9.17, 15) is 4.79 Å². The van der Waals surface area contributed by atoms with Crippen molar-refractivity contribution in [3.63, 3.8) is 0 Å². The molecule has 1 aromatic carbocycles. The summed E-state index contributed by atoms with van der Waals surface area (Å²) in [7, 11) is 0. The fourth-order valence-corrected chi connectivity index (χ4v) is 3.10. The summed E-state index contributed by atoms with van der Waals surface area (Å²) in [5, 5.41) is 0. The van der Waals surface area contributed by atoms with Crippen molar-refractivity contribution in [2.24, 2.45) is 0 Å². The molecule has 3 nitrogen and oxygen atoms in total. The highest BCUT2D eigenvalue weighted by Gasteiger charge is 2.29. The Hall–Kier alpha value is -1.03. The van der Waals surface area contributed by atoms with Gasteiger partial charge >= 0.3 is 0 Å². The summed E-state index contributed by atoms with van der Waals surface area (Å²) in [5.74, 6) is 0.995. The summed E-state index contributed by atoms with van der Waals surface area (Å²) in [5.41, 5.74) is 2.15. The third kappa shape index (κ3) is 2.78. The quantitative estimate of drug-likeness (QED) is 0.842. The molecule has 1 aliphatic heterocycles. The van der Waals surface area contributed by atoms with Crippen molar-refractivity contribution >= 4 is 27.5 Å². The third-order valence-corrected chi connectivity index (χ3v) is 4.11. The maximum Gasteiger partial charge on any atom is 0.224 e. The number of benzene rings is 1. The van der Waals surface area contributed by atoms with Crippen molar-refractivity contribution in [1.82, 2.24) is 0 Å². The number of amides is 1. The molecule has 19 heavy (non-hydrogen) atoms. The molecule has 0 N–H and O–H groups in total. The highest BCUT2D eigenvalue weighted by molar-refractivity contribution is 9.10. The first-order chi connectivity index (χ1) is 9.06. The highest BCUT2D eigenvalue weighted by Crippen LogP contribution is 2.41. The molecule has 1 aromatic rings. The Morgan fingerprint density at radius 2 is 2.26 bits per heavy atom. The van der Waals surface area contributed by atoms with E-state index in [2.05, 4.69) is 29.8 Å². The molecule has 1 heterocycles. The number of ether oxygens (including phenoxy) is 1. The molecule has 0 bridgehead atoms. The first-order valence-electron chi connectivity index (χ1n) is 6.80. The van der Waals surface area contributed by atoms with Gasteiger partial charge in [0.05, 0.1) is 16.8 Å². The van der Waals surface area contributed by atoms with Gasteiger partial charge in [-0.15, -0.1) is 0 Å². The Kier molecular flexibility index (Phi) is 4.50. The molecule has 1 aliphatic rings. The molecule has 0 radical (unpaired) electrons. The van der Waals surface area contributed by atoms with Gasteiger partial charge in [-0.05, 0) is 54.2 Å². The minimum Gasteiger partial charge on any atom is -0.492 e. The summed E-state index contributed by atoms with van der Waals surface area (Å²) < 4.78 is 6.83. The number of rotatable bonds is 3. The lowest BCUT2D eigenvalue weighted by Gasteiger charge is -2.35. The second-order valence-corrected chi connectivity index (χ2v) is 5.85. The van der Waals surface area contributed by atoms with Crippen LogP contribution in [0.4, 0.5) is 5.69 Å². The summed E-state index contributed by atoms with van der Waals surface area (Å²) in [6.07, 6.45) is 2.91. The molecule has 0 saturated heterocycles. The first kappa shape index (κ1) is 14.4. The fourth-order valence-electron chi connectivity index (χ4n) is 2.62. The van der Waals surface area contributed by atoms with Crippen LogP contribution in [0.25, 0.3) is 0 Å². The van der Waals surface area contributed by atoms with E-state index in [1.165, 1.54) is 0 Å². The van der Waals surface area contributed by atoms with Crippen molar-refractivity contribution in [3.05, 3.63) is 22.2 Å². The largest absolute Gasteiger partial charge is 0.492 e. The van der Waals surface area contributed by atoms with E-state index < -0.39 is 0 Å². The van der Waals surface area contributed by atoms with E-state index >= 15 is 0 Å². The Balaban J connectivity index is 2.46. The Morgan fingerprint density at radius 1 is 1.53 bits per heavy atom. The molecule has 1 amide bonds. The van der Waals surface area contributed by atoms with Crippen molar-refractivity contribution in [1.29, 1.82) is 0 Å². The van der Waals surface area contributed by atoms with Crippen LogP contribution in [0.5, 0.6) is 5.75 Å². The van der Waals surface area contributed by atoms with Crippen molar-refractivity contribution in [2.75, 3.05) is 11.5 Å². The van der Waals surface area contributed by atoms with Gasteiger partial charge in [0.1, 0.15) is 5.75 Å². The van der Waals surface area contributed by atoms with Gasteiger partial charge in [-0.1, -0.05) is 6.92 Å². The molecular weight excluding hydrogens is 306 g/mol. The van der Waals surface area contributed by atoms with Gasteiger partial charge in [-0.2, -0.15) is 0 Å². The van der Waals surface area contributed by atoms with Gasteiger partial charge < -0.3 is 9.64 Å². The standard InChI is InChI=1S/C15H20BrNO2/c1-4-9-19-15-12-6-5-10(2)17(11(3)18)14(12)8-7-13(15)16/h7-8,10H,4-6,9H2,1-3H3. The van der Waals surface area contributed by atoms with E-state index in [0.717, 1.165) is 40.7 Å². The predicted octanol–water partition coefficient (Wildman–Crippen LogP) is 3.93. The predicted molar refractivity (Wildman–Crippen MR) is 80.9 cm³/mol. The zero-order valence-corrected chi connectivity index (χ0v) is 13.3. The number of carbonyl (C=O) groups is 1. The van der Waals surface area contributed by atoms with Gasteiger partial charge in [0.25, 0.3) is 0 Å². The average Bonchev–Trinajstić information content (AvgIpc) is 2.37. The summed E-state index contributed by atoms with van der Waals surface area (Å²) in [6, 6.07) is 4.23. The summed E-state index contributed by atoms with van der Waals surface area (Å²) in [4.78, 5) is 13.7. The maximum atomic E-state index is 11.9. The Labute approximate surface area is 123 Å². The number of fused-ring (bicyclic) bond motifs is 1. The summed E-state index contributed by atoms with van der Waals surface area (Å²) in [6.45, 7) is 6.51. The monoisotopic (exact) mass is 325 g/mol. The number of hydrogen-bond acceptors (Lipinski definition) is 2. The van der Waals surface area contributed by atoms with Crippen LogP contribution in [0.1, 0.15) is 39.2 Å². The molecule has 0 spiro atoms. The molecule has 1 unspecified atom stereocenters. The average molecular weight is 326 g/mol. The van der Waals surface area contributed by atoms with Crippen LogP contribution in [0.2, 0.25) is 0 Å². The molecule has 1 atom stereocenters. The van der Waals surface area contributed by atoms with Crippen LogP contribution < -0.4 is 9.64 Å². The van der Waals surface area contributed by atoms with Gasteiger partial charge in [-0.25, -0.2) is 0 Å². The molecular formula is C15H20BrNO2. The van der Waals surface area contributed by atoms with Crippen molar-refractivity contribution < 1.29 is 9.53 Å². The molecule has 0 fully saturated rings. The van der Waals surface area contributed by atoms with Crippen LogP contribution in [-0.2, 0) is 11.2 Å². The lowest BCUT2D eigenvalue weighted by Crippen LogP contribution is -2.40. The molecule has 0 aromatic heterocycles. The first-order valence-corrected chi connectivity index (χ1v) is 7.59. The van der Waals surface area contributed by atoms with Crippen LogP contribution >= 0.6 is 15.9 Å². The normalized spacial score (nSPS) is 18.1. The smallest absolute Gasteiger partial charge is 0.224 e. The SMILES string of the molecule is CCCOc1c(Br)ccc2c1CCC(C)N2C(C)=O. The summed E-state index contributed by atoms with van der Waals surface area (Å²) >= 11 is 3.55. The third-order valence-electron chi connectivity index (χ3n) is 3.49. The van der Waals surface area contributed by atoms with E-state index in [1.807, 2.05) is 17.0 Å². The second kappa shape index (κ2) is 5.95. The zero-order valence-electron chi connectivity index (χ0n) is 11.7. The van der Waals surface area contributed by atoms with Crippen LogP contribution in [0.3, 0.4) is 0 Å². The van der Waals surface area contributed by atoms with Gasteiger partial charge in [0.15, 0.2) is 0 Å². The van der Waals surface area contributed by atoms with E-state index in [-0.39, 0.29) is 11.9 Å². The lowest BCUT2D eigenvalue weighted by molar-refractivity contribution is -0.117. The van der Waals surface area contributed by atoms with Crippen LogP contribution in [-0.4, -0.2) is 18.6 Å². The number of carbonyl (C=O) groups excluding carboxylic acids is 1. The second-order valence-electron chi connectivity index (χ2n) is 5.00. The van der Waals surface area contributed by atoms with E-state index in [0.29, 0.717) is 6.61 Å². The molecule has 4 heteroatoms. The molecule has 0 saturated carbocycles. The van der Waals surface area contributed by atoms with Gasteiger partial charge in [0, 0.05) is 18.5 Å². The fraction of sp³-hybridized carbons (Fsp3) is 0.533. The number of halogens is 1. The molecule has 2 rings (SSSR count). The van der Waals surface area contributed by atoms with Crippen molar-refractivity contribution in [2.45, 2.75) is 46.1 Å². The minimum absolute atomic E-state index is 0.0946. The van der Waals surface area contributed by atoms with Gasteiger partial charge in [-0.3, -0.25) is 4.79 Å². The van der Waals surface area contributed by atoms with E-state index in [4.69, 9.17) is 4.74 Å². The Morgan fingerprint density at radius 3 is 2.89 bits per heavy atom. The maximum absolute atomic E-state index is 11.9. The highest BCUT2D eigenvalue weighted by atomic mass is 79.9. The van der Waals surface area contributed by atoms with Crippen molar-refractivity contribution in [3.8, 4) is 5.75 Å². The number of anilines is 1. The Bertz CT molecular complexity index is 487. The number of nitrogens with zero attached hydrogens (tertiary/aromatic N) is 1. The van der Waals surface area contributed by atoms with Crippen LogP contribution in [0, 0.1) is 0 Å². The minimum atomic E-state index is 0.0946. The molecule has 0 aliphatic carbocycles. The van der Waals surface area contributed by atoms with Gasteiger partial charge in [0.2, 0.25) is 5.91 Å².